The van der Waals surface area contributed by atoms with Gasteiger partial charge in [-0.3, -0.25) is 10.1 Å². The zero-order valence-electron chi connectivity index (χ0n) is 18.0. The van der Waals surface area contributed by atoms with Gasteiger partial charge in [0.05, 0.1) is 38.2 Å². The molecule has 0 atom stereocenters. The fourth-order valence-corrected chi connectivity index (χ4v) is 5.26. The lowest BCUT2D eigenvalue weighted by atomic mass is 10.0. The Hall–Kier alpha value is -2.75. The number of aromatic nitrogens is 2. The molecule has 1 N–H and O–H groups in total. The van der Waals surface area contributed by atoms with Gasteiger partial charge in [0.1, 0.15) is 17.1 Å². The monoisotopic (exact) mass is 454 g/mol. The molecular formula is C23H26N4O4S. The highest BCUT2D eigenvalue weighted by atomic mass is 32.1. The third-order valence-corrected chi connectivity index (χ3v) is 6.88. The summed E-state index contributed by atoms with van der Waals surface area (Å²) in [4.78, 5) is 24.3. The number of hydrogen-bond acceptors (Lipinski definition) is 8. The molecule has 8 nitrogen and oxygen atoms in total. The fraction of sp³-hybridized carbons (Fsp3) is 0.435. The summed E-state index contributed by atoms with van der Waals surface area (Å²) in [5.74, 6) is 1.43. The number of nitrogens with one attached hydrogen (secondary N) is 1. The van der Waals surface area contributed by atoms with Gasteiger partial charge in [-0.15, -0.1) is 0 Å². The van der Waals surface area contributed by atoms with Gasteiger partial charge < -0.3 is 19.1 Å². The molecule has 32 heavy (non-hydrogen) atoms. The standard InChI is InChI=1S/C23H26N4O4S/c1-29-18-5-4-17(16-13-30-10-11-31-14-16)21-20(18)25-23(32-21)26-22(28)15-6-7-24-19(12-15)27-8-2-3-9-27/h4-7,12,16H,2-3,8-11,13-14H2,1H3,(H,25,26,28). The van der Waals surface area contributed by atoms with Crippen LogP contribution in [0.2, 0.25) is 0 Å². The van der Waals surface area contributed by atoms with Crippen molar-refractivity contribution in [3.8, 4) is 5.75 Å². The molecule has 0 saturated carbocycles. The Morgan fingerprint density at radius 2 is 1.97 bits per heavy atom. The normalized spacial score (nSPS) is 17.5. The lowest BCUT2D eigenvalue weighted by Gasteiger charge is -2.16. The van der Waals surface area contributed by atoms with E-state index in [9.17, 15) is 4.79 Å². The average molecular weight is 455 g/mol. The summed E-state index contributed by atoms with van der Waals surface area (Å²) in [6.45, 7) is 4.35. The van der Waals surface area contributed by atoms with E-state index in [1.165, 1.54) is 11.3 Å². The number of amides is 1. The van der Waals surface area contributed by atoms with E-state index in [-0.39, 0.29) is 11.8 Å². The summed E-state index contributed by atoms with van der Waals surface area (Å²) in [6.07, 6.45) is 4.00. The van der Waals surface area contributed by atoms with Crippen molar-refractivity contribution in [2.75, 3.05) is 56.8 Å². The van der Waals surface area contributed by atoms with Crippen molar-refractivity contribution >= 4 is 38.4 Å². The van der Waals surface area contributed by atoms with Gasteiger partial charge in [0.2, 0.25) is 0 Å². The van der Waals surface area contributed by atoms with Crippen LogP contribution in [0.1, 0.15) is 34.7 Å². The first-order valence-corrected chi connectivity index (χ1v) is 11.7. The molecule has 0 bridgehead atoms. The Labute approximate surface area is 190 Å². The van der Waals surface area contributed by atoms with Crippen LogP contribution in [0.3, 0.4) is 0 Å². The van der Waals surface area contributed by atoms with Gasteiger partial charge >= 0.3 is 0 Å². The maximum atomic E-state index is 13.0. The van der Waals surface area contributed by atoms with E-state index >= 15 is 0 Å². The Bertz CT molecular complexity index is 1100. The molecule has 2 aliphatic rings. The quantitative estimate of drug-likeness (QED) is 0.629. The van der Waals surface area contributed by atoms with E-state index < -0.39 is 0 Å². The number of carbonyl (C=O) groups excluding carboxylic acids is 1. The number of thiazole rings is 1. The molecule has 9 heteroatoms. The van der Waals surface area contributed by atoms with Crippen LogP contribution in [0.5, 0.6) is 5.75 Å². The van der Waals surface area contributed by atoms with Gasteiger partial charge in [0, 0.05) is 30.8 Å². The molecule has 2 saturated heterocycles. The lowest BCUT2D eigenvalue weighted by molar-refractivity contribution is 0.102. The number of hydrogen-bond donors (Lipinski definition) is 1. The molecule has 168 valence electrons. The Morgan fingerprint density at radius 1 is 1.19 bits per heavy atom. The van der Waals surface area contributed by atoms with E-state index in [1.54, 1.807) is 19.4 Å². The molecule has 2 aromatic heterocycles. The van der Waals surface area contributed by atoms with E-state index in [0.29, 0.717) is 42.9 Å². The van der Waals surface area contributed by atoms with Crippen molar-refractivity contribution in [2.24, 2.45) is 0 Å². The fourth-order valence-electron chi connectivity index (χ4n) is 4.19. The van der Waals surface area contributed by atoms with Crippen molar-refractivity contribution in [3.05, 3.63) is 41.6 Å². The molecule has 2 fully saturated rings. The van der Waals surface area contributed by atoms with Gasteiger partial charge in [-0.1, -0.05) is 17.4 Å². The first-order valence-electron chi connectivity index (χ1n) is 10.9. The van der Waals surface area contributed by atoms with Crippen molar-refractivity contribution in [1.29, 1.82) is 0 Å². The number of ether oxygens (including phenoxy) is 3. The number of carbonyl (C=O) groups is 1. The van der Waals surface area contributed by atoms with Crippen LogP contribution in [-0.4, -0.2) is 62.5 Å². The molecule has 0 spiro atoms. The molecule has 4 heterocycles. The molecule has 0 radical (unpaired) electrons. The molecule has 0 aliphatic carbocycles. The molecule has 1 aromatic carbocycles. The number of methoxy groups -OCH3 is 1. The van der Waals surface area contributed by atoms with Gasteiger partial charge in [-0.25, -0.2) is 9.97 Å². The van der Waals surface area contributed by atoms with Gasteiger partial charge in [0.25, 0.3) is 5.91 Å². The largest absolute Gasteiger partial charge is 0.494 e. The molecule has 3 aromatic rings. The number of fused-ring (bicyclic) bond motifs is 1. The maximum Gasteiger partial charge on any atom is 0.257 e. The van der Waals surface area contributed by atoms with Crippen LogP contribution in [-0.2, 0) is 9.47 Å². The Kier molecular flexibility index (Phi) is 6.20. The van der Waals surface area contributed by atoms with Crippen LogP contribution in [0.15, 0.2) is 30.5 Å². The van der Waals surface area contributed by atoms with Crippen molar-refractivity contribution in [3.63, 3.8) is 0 Å². The van der Waals surface area contributed by atoms with Gasteiger partial charge in [0.15, 0.2) is 5.13 Å². The minimum atomic E-state index is -0.200. The zero-order chi connectivity index (χ0) is 21.9. The number of anilines is 2. The highest BCUT2D eigenvalue weighted by molar-refractivity contribution is 7.22. The maximum absolute atomic E-state index is 13.0. The number of benzene rings is 1. The van der Waals surface area contributed by atoms with Crippen molar-refractivity contribution in [1.82, 2.24) is 9.97 Å². The zero-order valence-corrected chi connectivity index (χ0v) is 18.8. The summed E-state index contributed by atoms with van der Waals surface area (Å²) < 4.78 is 17.9. The predicted molar refractivity (Wildman–Crippen MR) is 124 cm³/mol. The number of pyridine rings is 1. The van der Waals surface area contributed by atoms with E-state index in [1.807, 2.05) is 18.2 Å². The summed E-state index contributed by atoms with van der Waals surface area (Å²) in [7, 11) is 1.63. The van der Waals surface area contributed by atoms with Crippen LogP contribution >= 0.6 is 11.3 Å². The summed E-state index contributed by atoms with van der Waals surface area (Å²) in [6, 6.07) is 7.53. The first-order chi connectivity index (χ1) is 15.7. The van der Waals surface area contributed by atoms with Gasteiger partial charge in [-0.05, 0) is 36.6 Å². The van der Waals surface area contributed by atoms with Crippen LogP contribution in [0.4, 0.5) is 10.9 Å². The third kappa shape index (κ3) is 4.28. The van der Waals surface area contributed by atoms with E-state index in [4.69, 9.17) is 14.2 Å². The summed E-state index contributed by atoms with van der Waals surface area (Å²) in [5, 5.41) is 3.50. The second kappa shape index (κ2) is 9.40. The lowest BCUT2D eigenvalue weighted by Crippen LogP contribution is -2.20. The molecule has 2 aliphatic heterocycles. The number of rotatable bonds is 5. The van der Waals surface area contributed by atoms with Crippen LogP contribution in [0.25, 0.3) is 10.2 Å². The Balaban J connectivity index is 1.42. The van der Waals surface area contributed by atoms with Crippen molar-refractivity contribution < 1.29 is 19.0 Å². The minimum absolute atomic E-state index is 0.109. The predicted octanol–water partition coefficient (Wildman–Crippen LogP) is 3.68. The number of nitrogens with zero attached hydrogens (tertiary/aromatic N) is 3. The second-order valence-electron chi connectivity index (χ2n) is 7.95. The average Bonchev–Trinajstić information content (AvgIpc) is 3.43. The molecule has 0 unspecified atom stereocenters. The summed E-state index contributed by atoms with van der Waals surface area (Å²) in [5.41, 5.74) is 2.40. The first kappa shape index (κ1) is 21.1. The SMILES string of the molecule is COc1ccc(C2COCCOC2)c2sc(NC(=O)c3ccnc(N4CCCC4)c3)nc12. The minimum Gasteiger partial charge on any atom is -0.494 e. The Morgan fingerprint density at radius 3 is 2.72 bits per heavy atom. The van der Waals surface area contributed by atoms with Crippen LogP contribution < -0.4 is 15.0 Å². The van der Waals surface area contributed by atoms with Crippen molar-refractivity contribution in [2.45, 2.75) is 18.8 Å². The van der Waals surface area contributed by atoms with E-state index in [2.05, 4.69) is 20.2 Å². The topological polar surface area (TPSA) is 85.8 Å². The third-order valence-electron chi connectivity index (χ3n) is 5.87. The summed E-state index contributed by atoms with van der Waals surface area (Å²) >= 11 is 1.45. The van der Waals surface area contributed by atoms with Gasteiger partial charge in [-0.2, -0.15) is 0 Å². The molecular weight excluding hydrogens is 428 g/mol. The molecule has 5 rings (SSSR count). The van der Waals surface area contributed by atoms with Crippen LogP contribution in [0, 0.1) is 0 Å². The smallest absolute Gasteiger partial charge is 0.257 e. The highest BCUT2D eigenvalue weighted by Gasteiger charge is 2.23. The van der Waals surface area contributed by atoms with E-state index in [0.717, 1.165) is 47.5 Å². The second-order valence-corrected chi connectivity index (χ2v) is 8.95. The molecule has 1 amide bonds. The highest BCUT2D eigenvalue weighted by Crippen LogP contribution is 2.38.